The molecule has 25 heavy (non-hydrogen) atoms. The molecule has 8 heteroatoms. The molecule has 0 amide bonds. The van der Waals surface area contributed by atoms with Gasteiger partial charge in [0.15, 0.2) is 5.96 Å². The van der Waals surface area contributed by atoms with Gasteiger partial charge in [0.05, 0.1) is 12.2 Å². The lowest BCUT2D eigenvalue weighted by Crippen LogP contribution is -2.39. The van der Waals surface area contributed by atoms with Crippen LogP contribution in [0.3, 0.4) is 0 Å². The fourth-order valence-corrected chi connectivity index (χ4v) is 2.20. The van der Waals surface area contributed by atoms with E-state index in [1.807, 2.05) is 13.8 Å². The van der Waals surface area contributed by atoms with E-state index in [0.717, 1.165) is 6.07 Å². The first-order valence-corrected chi connectivity index (χ1v) is 8.07. The minimum atomic E-state index is -4.31. The van der Waals surface area contributed by atoms with Gasteiger partial charge in [-0.3, -0.25) is 4.99 Å². The number of aliphatic imine (C=N–C) groups is 1. The van der Waals surface area contributed by atoms with Gasteiger partial charge in [0.25, 0.3) is 0 Å². The molecule has 0 aromatic heterocycles. The van der Waals surface area contributed by atoms with Crippen molar-refractivity contribution in [2.75, 3.05) is 33.4 Å². The van der Waals surface area contributed by atoms with Crippen LogP contribution >= 0.6 is 24.0 Å². The van der Waals surface area contributed by atoms with E-state index in [-0.39, 0.29) is 29.9 Å². The molecule has 1 aromatic rings. The van der Waals surface area contributed by atoms with Gasteiger partial charge in [-0.05, 0) is 30.9 Å². The highest BCUT2D eigenvalue weighted by Crippen LogP contribution is 2.31. The third kappa shape index (κ3) is 9.29. The number of guanidine groups is 1. The summed E-state index contributed by atoms with van der Waals surface area (Å²) in [5, 5.41) is 6.26. The molecule has 0 aliphatic carbocycles. The van der Waals surface area contributed by atoms with E-state index < -0.39 is 11.7 Å². The Morgan fingerprint density at radius 1 is 1.24 bits per heavy atom. The van der Waals surface area contributed by atoms with Gasteiger partial charge in [0.2, 0.25) is 0 Å². The van der Waals surface area contributed by atoms with E-state index in [2.05, 4.69) is 15.6 Å². The molecule has 0 bridgehead atoms. The molecule has 0 aliphatic rings. The molecular formula is C17H27F3IN3O. The van der Waals surface area contributed by atoms with Gasteiger partial charge in [-0.25, -0.2) is 0 Å². The van der Waals surface area contributed by atoms with Crippen LogP contribution in [0.25, 0.3) is 0 Å². The number of hydrogen-bond donors (Lipinski definition) is 2. The minimum absolute atomic E-state index is 0. The molecule has 0 fully saturated rings. The molecule has 1 unspecified atom stereocenters. The van der Waals surface area contributed by atoms with Gasteiger partial charge in [-0.1, -0.05) is 25.1 Å². The summed E-state index contributed by atoms with van der Waals surface area (Å²) in [4.78, 5) is 4.09. The minimum Gasteiger partial charge on any atom is -0.380 e. The average Bonchev–Trinajstić information content (AvgIpc) is 2.56. The Labute approximate surface area is 164 Å². The third-order valence-electron chi connectivity index (χ3n) is 3.62. The van der Waals surface area contributed by atoms with Crippen LogP contribution in [-0.4, -0.2) is 39.3 Å². The highest BCUT2D eigenvalue weighted by molar-refractivity contribution is 14.0. The van der Waals surface area contributed by atoms with Crippen molar-refractivity contribution in [2.45, 2.75) is 32.4 Å². The number of benzene rings is 1. The largest absolute Gasteiger partial charge is 0.416 e. The SMILES string of the molecule is CCOCCNC(=NC)NCCC(C)c1cccc(C(F)(F)F)c1.I. The van der Waals surface area contributed by atoms with Crippen LogP contribution in [-0.2, 0) is 10.9 Å². The first-order valence-electron chi connectivity index (χ1n) is 8.07. The van der Waals surface area contributed by atoms with E-state index in [1.165, 1.54) is 12.1 Å². The van der Waals surface area contributed by atoms with Crippen molar-refractivity contribution in [3.8, 4) is 0 Å². The molecule has 144 valence electrons. The van der Waals surface area contributed by atoms with E-state index in [1.54, 1.807) is 13.1 Å². The Morgan fingerprint density at radius 3 is 2.52 bits per heavy atom. The fourth-order valence-electron chi connectivity index (χ4n) is 2.20. The molecule has 4 nitrogen and oxygen atoms in total. The standard InChI is InChI=1S/C17H26F3N3O.HI/c1-4-24-11-10-23-16(21-3)22-9-8-13(2)14-6-5-7-15(12-14)17(18,19)20;/h5-7,12-13H,4,8-11H2,1-3H3,(H2,21,22,23);1H. The second kappa shape index (κ2) is 12.3. The maximum Gasteiger partial charge on any atom is 0.416 e. The van der Waals surface area contributed by atoms with Crippen LogP contribution in [0, 0.1) is 0 Å². The number of rotatable bonds is 8. The Hall–Kier alpha value is -1.03. The van der Waals surface area contributed by atoms with E-state index in [9.17, 15) is 13.2 Å². The van der Waals surface area contributed by atoms with Crippen molar-refractivity contribution >= 4 is 29.9 Å². The number of nitrogens with zero attached hydrogens (tertiary/aromatic N) is 1. The number of alkyl halides is 3. The molecule has 0 spiro atoms. The van der Waals surface area contributed by atoms with Gasteiger partial charge >= 0.3 is 6.18 Å². The Morgan fingerprint density at radius 2 is 1.92 bits per heavy atom. The van der Waals surface area contributed by atoms with Crippen LogP contribution in [0.4, 0.5) is 13.2 Å². The Bertz CT molecular complexity index is 524. The molecule has 1 rings (SSSR count). The summed E-state index contributed by atoms with van der Waals surface area (Å²) in [6, 6.07) is 5.50. The number of ether oxygens (including phenoxy) is 1. The summed E-state index contributed by atoms with van der Waals surface area (Å²) in [5.41, 5.74) is 0.0825. The van der Waals surface area contributed by atoms with E-state index >= 15 is 0 Å². The van der Waals surface area contributed by atoms with Crippen LogP contribution < -0.4 is 10.6 Å². The number of nitrogens with one attached hydrogen (secondary N) is 2. The Balaban J connectivity index is 0.00000576. The lowest BCUT2D eigenvalue weighted by atomic mass is 9.96. The zero-order valence-corrected chi connectivity index (χ0v) is 17.2. The smallest absolute Gasteiger partial charge is 0.380 e. The van der Waals surface area contributed by atoms with Gasteiger partial charge in [0, 0.05) is 26.7 Å². The van der Waals surface area contributed by atoms with Crippen molar-refractivity contribution in [3.05, 3.63) is 35.4 Å². The monoisotopic (exact) mass is 473 g/mol. The lowest BCUT2D eigenvalue weighted by molar-refractivity contribution is -0.137. The van der Waals surface area contributed by atoms with Gasteiger partial charge in [0.1, 0.15) is 0 Å². The van der Waals surface area contributed by atoms with Crippen molar-refractivity contribution in [3.63, 3.8) is 0 Å². The maximum atomic E-state index is 12.8. The van der Waals surface area contributed by atoms with Crippen molar-refractivity contribution in [2.24, 2.45) is 4.99 Å². The zero-order valence-electron chi connectivity index (χ0n) is 14.8. The summed E-state index contributed by atoms with van der Waals surface area (Å²) >= 11 is 0. The number of hydrogen-bond acceptors (Lipinski definition) is 2. The molecular weight excluding hydrogens is 446 g/mol. The second-order valence-electron chi connectivity index (χ2n) is 5.44. The van der Waals surface area contributed by atoms with Crippen LogP contribution in [0.15, 0.2) is 29.3 Å². The predicted octanol–water partition coefficient (Wildman–Crippen LogP) is 4.02. The summed E-state index contributed by atoms with van der Waals surface area (Å²) < 4.78 is 43.5. The molecule has 2 N–H and O–H groups in total. The molecule has 0 saturated carbocycles. The fraction of sp³-hybridized carbons (Fsp3) is 0.588. The highest BCUT2D eigenvalue weighted by atomic mass is 127. The normalized spacial score (nSPS) is 13.1. The van der Waals surface area contributed by atoms with Crippen molar-refractivity contribution in [1.82, 2.24) is 10.6 Å². The summed E-state index contributed by atoms with van der Waals surface area (Å²) in [6.45, 7) is 6.38. The first kappa shape index (κ1) is 24.0. The first-order chi connectivity index (χ1) is 11.4. The maximum absolute atomic E-state index is 12.8. The summed E-state index contributed by atoms with van der Waals surface area (Å²) in [6.07, 6.45) is -3.60. The molecule has 0 radical (unpaired) electrons. The lowest BCUT2D eigenvalue weighted by Gasteiger charge is -2.16. The van der Waals surface area contributed by atoms with Crippen LogP contribution in [0.1, 0.15) is 37.3 Å². The highest BCUT2D eigenvalue weighted by Gasteiger charge is 2.30. The van der Waals surface area contributed by atoms with Gasteiger partial charge in [-0.15, -0.1) is 24.0 Å². The molecule has 0 aliphatic heterocycles. The van der Waals surface area contributed by atoms with Crippen LogP contribution in [0.5, 0.6) is 0 Å². The van der Waals surface area contributed by atoms with Gasteiger partial charge < -0.3 is 15.4 Å². The van der Waals surface area contributed by atoms with Crippen molar-refractivity contribution < 1.29 is 17.9 Å². The third-order valence-corrected chi connectivity index (χ3v) is 3.62. The molecule has 1 aromatic carbocycles. The molecule has 1 atom stereocenters. The molecule has 0 heterocycles. The van der Waals surface area contributed by atoms with Gasteiger partial charge in [-0.2, -0.15) is 13.2 Å². The predicted molar refractivity (Wildman–Crippen MR) is 106 cm³/mol. The van der Waals surface area contributed by atoms with E-state index in [0.29, 0.717) is 44.2 Å². The second-order valence-corrected chi connectivity index (χ2v) is 5.44. The zero-order chi connectivity index (χ0) is 18.0. The Kier molecular flexibility index (Phi) is 11.8. The number of halogens is 4. The average molecular weight is 473 g/mol. The molecule has 0 saturated heterocycles. The topological polar surface area (TPSA) is 45.6 Å². The quantitative estimate of drug-likeness (QED) is 0.260. The summed E-state index contributed by atoms with van der Waals surface area (Å²) in [5.74, 6) is 0.673. The van der Waals surface area contributed by atoms with E-state index in [4.69, 9.17) is 4.74 Å². The summed E-state index contributed by atoms with van der Waals surface area (Å²) in [7, 11) is 1.67. The van der Waals surface area contributed by atoms with Crippen LogP contribution in [0.2, 0.25) is 0 Å². The van der Waals surface area contributed by atoms with Crippen molar-refractivity contribution in [1.29, 1.82) is 0 Å².